The second kappa shape index (κ2) is 10.3. The van der Waals surface area contributed by atoms with Crippen LogP contribution in [0.25, 0.3) is 5.65 Å². The molecule has 0 aliphatic carbocycles. The molecule has 0 amide bonds. The molecule has 2 radical (unpaired) electrons. The van der Waals surface area contributed by atoms with Crippen molar-refractivity contribution in [1.29, 1.82) is 0 Å². The van der Waals surface area contributed by atoms with E-state index in [4.69, 9.17) is 12.8 Å². The number of rotatable bonds is 7. The van der Waals surface area contributed by atoms with Crippen molar-refractivity contribution in [2.75, 3.05) is 18.4 Å². The number of nitrogens with one attached hydrogen (secondary N) is 1. The van der Waals surface area contributed by atoms with Gasteiger partial charge in [0.05, 0.1) is 4.90 Å². The Kier molecular flexibility index (Phi) is 7.01. The third-order valence-electron chi connectivity index (χ3n) is 6.28. The van der Waals surface area contributed by atoms with Gasteiger partial charge in [-0.15, -0.1) is 13.2 Å². The summed E-state index contributed by atoms with van der Waals surface area (Å²) in [6.45, 7) is 0.970. The molecular weight excluding hydrogens is 520 g/mol. The normalized spacial score (nSPS) is 15.6. The highest BCUT2D eigenvalue weighted by Gasteiger charge is 2.33. The summed E-state index contributed by atoms with van der Waals surface area (Å²) in [7, 11) is 2.21. The zero-order chi connectivity index (χ0) is 26.9. The summed E-state index contributed by atoms with van der Waals surface area (Å²) in [5, 5.41) is 7.66. The molecule has 0 atom stereocenters. The highest BCUT2D eigenvalue weighted by Crippen LogP contribution is 2.32. The number of piperidine rings is 1. The van der Waals surface area contributed by atoms with Gasteiger partial charge in [0.15, 0.2) is 0 Å². The number of nitrogens with zero attached hydrogens (tertiary/aromatic N) is 5. The van der Waals surface area contributed by atoms with E-state index in [1.807, 2.05) is 18.2 Å². The van der Waals surface area contributed by atoms with E-state index in [1.165, 1.54) is 10.5 Å². The van der Waals surface area contributed by atoms with Gasteiger partial charge in [-0.3, -0.25) is 4.98 Å². The van der Waals surface area contributed by atoms with Gasteiger partial charge in [0, 0.05) is 55.9 Å². The standard InChI is InChI=1S/C24H22BF3N6O3S/c25-20-15-31-34-22(30-14-16-2-1-9-29-13-16)12-21(32-23(20)34)17-7-10-33(11-8-17)38(35,36)19-5-3-18(4-6-19)37-24(26,27)28/h1-6,9,12-13,15,17,30H,7-8,10-11,14H2. The van der Waals surface area contributed by atoms with Crippen molar-refractivity contribution in [3.8, 4) is 5.75 Å². The Hall–Kier alpha value is -3.65. The molecule has 5 rings (SSSR count). The van der Waals surface area contributed by atoms with Crippen molar-refractivity contribution in [2.24, 2.45) is 0 Å². The molecule has 4 heterocycles. The highest BCUT2D eigenvalue weighted by molar-refractivity contribution is 7.89. The Morgan fingerprint density at radius 2 is 1.84 bits per heavy atom. The summed E-state index contributed by atoms with van der Waals surface area (Å²) >= 11 is 0. The third-order valence-corrected chi connectivity index (χ3v) is 8.20. The molecule has 0 unspecified atom stereocenters. The molecule has 0 saturated carbocycles. The van der Waals surface area contributed by atoms with Crippen LogP contribution in [0.3, 0.4) is 0 Å². The van der Waals surface area contributed by atoms with Crippen molar-refractivity contribution in [1.82, 2.24) is 23.9 Å². The van der Waals surface area contributed by atoms with Crippen LogP contribution in [0.15, 0.2) is 66.0 Å². The molecule has 3 aromatic heterocycles. The van der Waals surface area contributed by atoms with E-state index in [0.29, 0.717) is 36.3 Å². The third kappa shape index (κ3) is 5.60. The zero-order valence-electron chi connectivity index (χ0n) is 20.0. The second-order valence-electron chi connectivity index (χ2n) is 8.81. The van der Waals surface area contributed by atoms with Crippen LogP contribution in [0, 0.1) is 0 Å². The van der Waals surface area contributed by atoms with Gasteiger partial charge in [0.2, 0.25) is 10.0 Å². The molecule has 1 saturated heterocycles. The van der Waals surface area contributed by atoms with Crippen molar-refractivity contribution < 1.29 is 26.3 Å². The summed E-state index contributed by atoms with van der Waals surface area (Å²) in [5.74, 6) is 0.188. The monoisotopic (exact) mass is 542 g/mol. The Morgan fingerprint density at radius 3 is 2.50 bits per heavy atom. The van der Waals surface area contributed by atoms with Gasteiger partial charge in [-0.25, -0.2) is 13.4 Å². The SMILES string of the molecule is [B]c1cnn2c(NCc3cccnc3)cc(C3CCN(S(=O)(=O)c4ccc(OC(F)(F)F)cc4)CC3)nc12. The lowest BCUT2D eigenvalue weighted by Gasteiger charge is -2.31. The zero-order valence-corrected chi connectivity index (χ0v) is 20.8. The first kappa shape index (κ1) is 26.0. The van der Waals surface area contributed by atoms with Crippen molar-refractivity contribution in [3.05, 3.63) is 72.3 Å². The Morgan fingerprint density at radius 1 is 1.11 bits per heavy atom. The maximum atomic E-state index is 13.1. The Bertz CT molecular complexity index is 1520. The molecule has 4 aromatic rings. The molecule has 14 heteroatoms. The quantitative estimate of drug-likeness (QED) is 0.359. The average molecular weight is 542 g/mol. The molecule has 1 aliphatic rings. The maximum Gasteiger partial charge on any atom is 0.573 e. The fourth-order valence-electron chi connectivity index (χ4n) is 4.38. The Labute approximate surface area is 218 Å². The number of fused-ring (bicyclic) bond motifs is 1. The van der Waals surface area contributed by atoms with Gasteiger partial charge in [0.1, 0.15) is 25.1 Å². The number of benzene rings is 1. The lowest BCUT2D eigenvalue weighted by atomic mass is 9.94. The molecule has 196 valence electrons. The van der Waals surface area contributed by atoms with Crippen LogP contribution in [0.4, 0.5) is 19.0 Å². The topological polar surface area (TPSA) is 102 Å². The number of hydrogen-bond acceptors (Lipinski definition) is 7. The number of halogens is 3. The van der Waals surface area contributed by atoms with E-state index in [-0.39, 0.29) is 23.9 Å². The van der Waals surface area contributed by atoms with E-state index in [0.717, 1.165) is 35.5 Å². The largest absolute Gasteiger partial charge is 0.573 e. The van der Waals surface area contributed by atoms with Gasteiger partial charge < -0.3 is 10.1 Å². The second-order valence-corrected chi connectivity index (χ2v) is 10.8. The van der Waals surface area contributed by atoms with Gasteiger partial charge in [-0.05, 0) is 54.2 Å². The number of ether oxygens (including phenoxy) is 1. The van der Waals surface area contributed by atoms with E-state index < -0.39 is 22.1 Å². The highest BCUT2D eigenvalue weighted by atomic mass is 32.2. The minimum absolute atomic E-state index is 0.0257. The maximum absolute atomic E-state index is 13.1. The summed E-state index contributed by atoms with van der Waals surface area (Å²) in [4.78, 5) is 8.73. The minimum Gasteiger partial charge on any atom is -0.406 e. The predicted molar refractivity (Wildman–Crippen MR) is 134 cm³/mol. The minimum atomic E-state index is -4.85. The first-order valence-corrected chi connectivity index (χ1v) is 13.2. The van der Waals surface area contributed by atoms with Crippen LogP contribution in [0.1, 0.15) is 30.0 Å². The van der Waals surface area contributed by atoms with Crippen LogP contribution in [0.5, 0.6) is 5.75 Å². The van der Waals surface area contributed by atoms with Crippen molar-refractivity contribution in [3.63, 3.8) is 0 Å². The molecule has 0 bridgehead atoms. The average Bonchev–Trinajstić information content (AvgIpc) is 3.28. The molecule has 0 spiro atoms. The molecular formula is C24H22BF3N6O3S. The van der Waals surface area contributed by atoms with E-state index in [9.17, 15) is 21.6 Å². The summed E-state index contributed by atoms with van der Waals surface area (Å²) < 4.78 is 70.2. The molecule has 38 heavy (non-hydrogen) atoms. The fraction of sp³-hybridized carbons (Fsp3) is 0.292. The number of alkyl halides is 3. The Balaban J connectivity index is 1.30. The lowest BCUT2D eigenvalue weighted by Crippen LogP contribution is -2.38. The summed E-state index contributed by atoms with van der Waals surface area (Å²) in [6.07, 6.45) is 1.15. The smallest absolute Gasteiger partial charge is 0.406 e. The number of sulfonamides is 1. The number of hydrogen-bond donors (Lipinski definition) is 1. The predicted octanol–water partition coefficient (Wildman–Crippen LogP) is 3.00. The van der Waals surface area contributed by atoms with E-state index in [1.54, 1.807) is 16.9 Å². The van der Waals surface area contributed by atoms with Crippen LogP contribution >= 0.6 is 0 Å². The van der Waals surface area contributed by atoms with Gasteiger partial charge >= 0.3 is 6.36 Å². The van der Waals surface area contributed by atoms with Crippen LogP contribution in [-0.2, 0) is 16.6 Å². The van der Waals surface area contributed by atoms with Crippen LogP contribution in [0.2, 0.25) is 0 Å². The van der Waals surface area contributed by atoms with Gasteiger partial charge in [-0.1, -0.05) is 6.07 Å². The van der Waals surface area contributed by atoms with E-state index in [2.05, 4.69) is 20.1 Å². The fourth-order valence-corrected chi connectivity index (χ4v) is 5.85. The number of anilines is 1. The summed E-state index contributed by atoms with van der Waals surface area (Å²) in [6, 6.07) is 9.89. The number of aromatic nitrogens is 4. The molecule has 9 nitrogen and oxygen atoms in total. The lowest BCUT2D eigenvalue weighted by molar-refractivity contribution is -0.274. The van der Waals surface area contributed by atoms with Crippen molar-refractivity contribution >= 4 is 34.8 Å². The molecule has 1 aliphatic heterocycles. The van der Waals surface area contributed by atoms with Crippen LogP contribution < -0.4 is 15.5 Å². The first-order valence-electron chi connectivity index (χ1n) is 11.7. The molecule has 1 N–H and O–H groups in total. The first-order chi connectivity index (χ1) is 18.1. The van der Waals surface area contributed by atoms with Crippen LogP contribution in [-0.4, -0.2) is 59.6 Å². The van der Waals surface area contributed by atoms with Gasteiger partial charge in [-0.2, -0.15) is 13.9 Å². The molecule has 1 aromatic carbocycles. The van der Waals surface area contributed by atoms with E-state index >= 15 is 0 Å². The summed E-state index contributed by atoms with van der Waals surface area (Å²) in [5.41, 5.74) is 2.68. The van der Waals surface area contributed by atoms with Crippen molar-refractivity contribution in [2.45, 2.75) is 36.6 Å². The molecule has 1 fully saturated rings. The number of pyridine rings is 1. The van der Waals surface area contributed by atoms with Gasteiger partial charge in [0.25, 0.3) is 0 Å².